The zero-order valence-electron chi connectivity index (χ0n) is 17.5. The van der Waals surface area contributed by atoms with Gasteiger partial charge in [0, 0.05) is 26.6 Å². The average molecular weight is 534 g/mol. The quantitative estimate of drug-likeness (QED) is 0.188. The number of carbonyl (C=O) groups is 2. The van der Waals surface area contributed by atoms with Crippen LogP contribution in [0, 0.1) is 0 Å². The molecule has 4 rings (SSSR count). The number of rotatable bonds is 7. The Balaban J connectivity index is 0.00000272. The predicted octanol–water partition coefficient (Wildman–Crippen LogP) is 2.85. The van der Waals surface area contributed by atoms with Gasteiger partial charge in [0.2, 0.25) is 0 Å². The summed E-state index contributed by atoms with van der Waals surface area (Å²) >= 11 is 0. The Labute approximate surface area is 199 Å². The van der Waals surface area contributed by atoms with Crippen LogP contribution in [0.3, 0.4) is 0 Å². The molecule has 1 atom stereocenters. The highest BCUT2D eigenvalue weighted by Gasteiger charge is 2.34. The first kappa shape index (κ1) is 23.1. The number of hydrogen-bond acceptors (Lipinski definition) is 4. The number of halogens is 1. The van der Waals surface area contributed by atoms with Crippen molar-refractivity contribution < 1.29 is 14.3 Å². The Kier molecular flexibility index (Phi) is 7.89. The first-order valence-corrected chi connectivity index (χ1v) is 10.3. The van der Waals surface area contributed by atoms with E-state index in [1.807, 2.05) is 18.2 Å². The number of amides is 2. The minimum absolute atomic E-state index is 0. The summed E-state index contributed by atoms with van der Waals surface area (Å²) in [5.74, 6) is 1.29. The SMILES string of the molecule is CN=C(NCCCCN1C(=O)c2ccccc2C1=O)NCC1Cc2ccccc2O1.I. The molecule has 7 nitrogen and oxygen atoms in total. The molecule has 0 spiro atoms. The molecule has 164 valence electrons. The van der Waals surface area contributed by atoms with E-state index in [2.05, 4.69) is 21.7 Å². The predicted molar refractivity (Wildman–Crippen MR) is 130 cm³/mol. The van der Waals surface area contributed by atoms with Gasteiger partial charge in [-0.3, -0.25) is 19.5 Å². The van der Waals surface area contributed by atoms with Crippen molar-refractivity contribution in [1.82, 2.24) is 15.5 Å². The van der Waals surface area contributed by atoms with Gasteiger partial charge in [0.15, 0.2) is 5.96 Å². The number of fused-ring (bicyclic) bond motifs is 2. The largest absolute Gasteiger partial charge is 0.488 e. The summed E-state index contributed by atoms with van der Waals surface area (Å²) in [6.07, 6.45) is 2.53. The lowest BCUT2D eigenvalue weighted by atomic mass is 10.1. The number of nitrogens with zero attached hydrogens (tertiary/aromatic N) is 2. The van der Waals surface area contributed by atoms with Gasteiger partial charge in [0.05, 0.1) is 17.7 Å². The van der Waals surface area contributed by atoms with Gasteiger partial charge < -0.3 is 15.4 Å². The van der Waals surface area contributed by atoms with Crippen LogP contribution in [0.5, 0.6) is 5.75 Å². The maximum atomic E-state index is 12.4. The topological polar surface area (TPSA) is 83.0 Å². The Hall–Kier alpha value is -2.62. The van der Waals surface area contributed by atoms with E-state index in [4.69, 9.17) is 4.74 Å². The van der Waals surface area contributed by atoms with Crippen molar-refractivity contribution in [2.24, 2.45) is 4.99 Å². The van der Waals surface area contributed by atoms with Gasteiger partial charge in [-0.2, -0.15) is 0 Å². The normalized spacial score (nSPS) is 17.0. The van der Waals surface area contributed by atoms with Gasteiger partial charge in [0.1, 0.15) is 11.9 Å². The minimum atomic E-state index is -0.196. The highest BCUT2D eigenvalue weighted by atomic mass is 127. The van der Waals surface area contributed by atoms with Gasteiger partial charge in [-0.15, -0.1) is 24.0 Å². The van der Waals surface area contributed by atoms with Crippen molar-refractivity contribution in [2.45, 2.75) is 25.4 Å². The molecule has 0 bridgehead atoms. The summed E-state index contributed by atoms with van der Waals surface area (Å²) in [4.78, 5) is 30.3. The Morgan fingerprint density at radius 1 is 1.03 bits per heavy atom. The lowest BCUT2D eigenvalue weighted by molar-refractivity contribution is 0.0652. The number of aliphatic imine (C=N–C) groups is 1. The molecule has 2 N–H and O–H groups in total. The highest BCUT2D eigenvalue weighted by Crippen LogP contribution is 2.27. The van der Waals surface area contributed by atoms with Crippen LogP contribution in [0.25, 0.3) is 0 Å². The van der Waals surface area contributed by atoms with Gasteiger partial charge in [-0.05, 0) is 36.6 Å². The molecule has 2 heterocycles. The van der Waals surface area contributed by atoms with Crippen molar-refractivity contribution in [2.75, 3.05) is 26.7 Å². The number of benzene rings is 2. The number of ether oxygens (including phenoxy) is 1. The van der Waals surface area contributed by atoms with E-state index in [1.165, 1.54) is 10.5 Å². The van der Waals surface area contributed by atoms with Crippen molar-refractivity contribution >= 4 is 41.8 Å². The van der Waals surface area contributed by atoms with Crippen molar-refractivity contribution in [1.29, 1.82) is 0 Å². The molecule has 1 unspecified atom stereocenters. The first-order chi connectivity index (χ1) is 14.7. The fourth-order valence-corrected chi connectivity index (χ4v) is 3.84. The van der Waals surface area contributed by atoms with E-state index in [-0.39, 0.29) is 41.9 Å². The van der Waals surface area contributed by atoms with Crippen LogP contribution >= 0.6 is 24.0 Å². The fourth-order valence-electron chi connectivity index (χ4n) is 3.84. The van der Waals surface area contributed by atoms with Crippen LogP contribution in [0.15, 0.2) is 53.5 Å². The maximum Gasteiger partial charge on any atom is 0.261 e. The molecule has 0 aromatic heterocycles. The number of guanidine groups is 1. The third-order valence-electron chi connectivity index (χ3n) is 5.41. The van der Waals surface area contributed by atoms with Crippen molar-refractivity contribution in [3.05, 3.63) is 65.2 Å². The second-order valence-corrected chi connectivity index (χ2v) is 7.45. The highest BCUT2D eigenvalue weighted by molar-refractivity contribution is 14.0. The summed E-state index contributed by atoms with van der Waals surface area (Å²) in [7, 11) is 1.73. The maximum absolute atomic E-state index is 12.4. The summed E-state index contributed by atoms with van der Waals surface area (Å²) in [5.41, 5.74) is 2.24. The summed E-state index contributed by atoms with van der Waals surface area (Å²) in [6, 6.07) is 15.1. The molecule has 0 fully saturated rings. The van der Waals surface area contributed by atoms with Crippen LogP contribution in [-0.4, -0.2) is 55.5 Å². The molecule has 2 aliphatic heterocycles. The smallest absolute Gasteiger partial charge is 0.261 e. The second kappa shape index (κ2) is 10.6. The summed E-state index contributed by atoms with van der Waals surface area (Å²) in [5, 5.41) is 6.57. The molecular weight excluding hydrogens is 507 g/mol. The van der Waals surface area contributed by atoms with Crippen LogP contribution < -0.4 is 15.4 Å². The van der Waals surface area contributed by atoms with Crippen LogP contribution in [0.2, 0.25) is 0 Å². The molecule has 2 aliphatic rings. The van der Waals surface area contributed by atoms with Gasteiger partial charge in [0.25, 0.3) is 11.8 Å². The first-order valence-electron chi connectivity index (χ1n) is 10.3. The molecule has 2 amide bonds. The molecule has 31 heavy (non-hydrogen) atoms. The molecule has 2 aromatic carbocycles. The van der Waals surface area contributed by atoms with Crippen molar-refractivity contribution in [3.8, 4) is 5.75 Å². The standard InChI is InChI=1S/C23H26N4O3.HI/c1-24-23(26-15-17-14-16-8-2-5-11-20(16)30-17)25-12-6-7-13-27-21(28)18-9-3-4-10-19(18)22(27)29;/h2-5,8-11,17H,6-7,12-15H2,1H3,(H2,24,25,26);1H. The number of nitrogens with one attached hydrogen (secondary N) is 2. The number of imide groups is 1. The lowest BCUT2D eigenvalue weighted by Gasteiger charge is -2.16. The number of carbonyl (C=O) groups excluding carboxylic acids is 2. The molecular formula is C23H27IN4O3. The average Bonchev–Trinajstić information content (AvgIpc) is 3.30. The number of hydrogen-bond donors (Lipinski definition) is 2. The van der Waals surface area contributed by atoms with Crippen molar-refractivity contribution in [3.63, 3.8) is 0 Å². The Bertz CT molecular complexity index is 919. The van der Waals surface area contributed by atoms with Crippen LogP contribution in [0.4, 0.5) is 0 Å². The monoisotopic (exact) mass is 534 g/mol. The molecule has 0 saturated heterocycles. The van der Waals surface area contributed by atoms with Crippen LogP contribution in [-0.2, 0) is 6.42 Å². The number of unbranched alkanes of at least 4 members (excludes halogenated alkanes) is 1. The van der Waals surface area contributed by atoms with Gasteiger partial charge >= 0.3 is 0 Å². The number of para-hydroxylation sites is 1. The zero-order valence-corrected chi connectivity index (χ0v) is 19.8. The van der Waals surface area contributed by atoms with Gasteiger partial charge in [-0.1, -0.05) is 30.3 Å². The molecule has 0 saturated carbocycles. The zero-order chi connectivity index (χ0) is 20.9. The van der Waals surface area contributed by atoms with E-state index < -0.39 is 0 Å². The lowest BCUT2D eigenvalue weighted by Crippen LogP contribution is -2.42. The van der Waals surface area contributed by atoms with E-state index in [9.17, 15) is 9.59 Å². The molecule has 8 heteroatoms. The van der Waals surface area contributed by atoms with E-state index in [1.54, 1.807) is 31.3 Å². The second-order valence-electron chi connectivity index (χ2n) is 7.45. The third-order valence-corrected chi connectivity index (χ3v) is 5.41. The third kappa shape index (κ3) is 5.17. The summed E-state index contributed by atoms with van der Waals surface area (Å²) < 4.78 is 5.93. The Morgan fingerprint density at radius 3 is 2.39 bits per heavy atom. The van der Waals surface area contributed by atoms with E-state index in [0.29, 0.717) is 30.8 Å². The summed E-state index contributed by atoms with van der Waals surface area (Å²) in [6.45, 7) is 1.80. The molecule has 0 aliphatic carbocycles. The molecule has 0 radical (unpaired) electrons. The van der Waals surface area contributed by atoms with Crippen LogP contribution in [0.1, 0.15) is 39.1 Å². The van der Waals surface area contributed by atoms with E-state index >= 15 is 0 Å². The van der Waals surface area contributed by atoms with E-state index in [0.717, 1.165) is 31.0 Å². The fraction of sp³-hybridized carbons (Fsp3) is 0.348. The van der Waals surface area contributed by atoms with Gasteiger partial charge in [-0.25, -0.2) is 0 Å². The minimum Gasteiger partial charge on any atom is -0.488 e. The molecule has 2 aromatic rings. The Morgan fingerprint density at radius 2 is 1.71 bits per heavy atom.